The monoisotopic (exact) mass is 322 g/mol. The summed E-state index contributed by atoms with van der Waals surface area (Å²) in [6, 6.07) is 12.3. The molecule has 4 heteroatoms. The molecular formula is C20H18O4. The summed E-state index contributed by atoms with van der Waals surface area (Å²) in [5.41, 5.74) is 3.79. The second-order valence-electron chi connectivity index (χ2n) is 5.89. The summed E-state index contributed by atoms with van der Waals surface area (Å²) >= 11 is 0. The molecule has 122 valence electrons. The van der Waals surface area contributed by atoms with Gasteiger partial charge in [0.05, 0.1) is 0 Å². The zero-order chi connectivity index (χ0) is 17.3. The Kier molecular flexibility index (Phi) is 4.21. The first-order valence-corrected chi connectivity index (χ1v) is 7.72. The number of carbonyl (C=O) groups is 1. The summed E-state index contributed by atoms with van der Waals surface area (Å²) in [6.45, 7) is 5.78. The van der Waals surface area contributed by atoms with E-state index in [0.717, 1.165) is 22.1 Å². The molecule has 0 radical (unpaired) electrons. The third-order valence-electron chi connectivity index (χ3n) is 4.10. The minimum atomic E-state index is -0.392. The van der Waals surface area contributed by atoms with E-state index in [1.165, 1.54) is 13.0 Å². The summed E-state index contributed by atoms with van der Waals surface area (Å²) in [4.78, 5) is 23.1. The number of ketones is 1. The van der Waals surface area contributed by atoms with Crippen molar-refractivity contribution in [1.82, 2.24) is 0 Å². The van der Waals surface area contributed by atoms with Crippen LogP contribution in [0.2, 0.25) is 0 Å². The van der Waals surface area contributed by atoms with E-state index in [1.807, 2.05) is 26.0 Å². The molecule has 24 heavy (non-hydrogen) atoms. The number of ether oxygens (including phenoxy) is 1. The normalized spacial score (nSPS) is 10.8. The lowest BCUT2D eigenvalue weighted by molar-refractivity contribution is 0.101. The van der Waals surface area contributed by atoms with Gasteiger partial charge in [-0.15, -0.1) is 0 Å². The number of Topliss-reactive ketones (excluding diaryl/α,β-unsaturated/α-hetero) is 1. The molecule has 1 heterocycles. The van der Waals surface area contributed by atoms with Gasteiger partial charge in [0.15, 0.2) is 5.78 Å². The second kappa shape index (κ2) is 6.32. The van der Waals surface area contributed by atoms with Crippen molar-refractivity contribution in [3.63, 3.8) is 0 Å². The molecule has 2 aromatic carbocycles. The maximum absolute atomic E-state index is 11.8. The number of hydrogen-bond donors (Lipinski definition) is 0. The van der Waals surface area contributed by atoms with Crippen LogP contribution >= 0.6 is 0 Å². The molecule has 1 aromatic heterocycles. The van der Waals surface area contributed by atoms with E-state index in [-0.39, 0.29) is 12.4 Å². The molecule has 0 N–H and O–H groups in total. The van der Waals surface area contributed by atoms with Gasteiger partial charge in [0.1, 0.15) is 17.9 Å². The number of aryl methyl sites for hydroxylation is 2. The smallest absolute Gasteiger partial charge is 0.336 e. The molecule has 0 atom stereocenters. The number of hydrogen-bond acceptors (Lipinski definition) is 4. The molecule has 0 aliphatic heterocycles. The minimum Gasteiger partial charge on any atom is -0.489 e. The van der Waals surface area contributed by atoms with Gasteiger partial charge < -0.3 is 9.15 Å². The summed E-state index contributed by atoms with van der Waals surface area (Å²) in [5.74, 6) is 0.657. The molecule has 0 aliphatic rings. The molecule has 0 amide bonds. The van der Waals surface area contributed by atoms with Crippen molar-refractivity contribution in [3.05, 3.63) is 75.1 Å². The van der Waals surface area contributed by atoms with Crippen LogP contribution in [-0.2, 0) is 6.61 Å². The summed E-state index contributed by atoms with van der Waals surface area (Å²) in [5, 5.41) is 0.873. The molecule has 0 aliphatic carbocycles. The Labute approximate surface area is 139 Å². The van der Waals surface area contributed by atoms with Crippen molar-refractivity contribution >= 4 is 16.8 Å². The first-order valence-electron chi connectivity index (χ1n) is 7.72. The fourth-order valence-corrected chi connectivity index (χ4v) is 2.55. The highest BCUT2D eigenvalue weighted by atomic mass is 16.5. The summed E-state index contributed by atoms with van der Waals surface area (Å²) in [6.07, 6.45) is 0. The molecule has 0 bridgehead atoms. The highest BCUT2D eigenvalue weighted by molar-refractivity contribution is 5.94. The van der Waals surface area contributed by atoms with Gasteiger partial charge in [-0.25, -0.2) is 4.79 Å². The number of benzene rings is 2. The van der Waals surface area contributed by atoms with E-state index >= 15 is 0 Å². The van der Waals surface area contributed by atoms with Crippen LogP contribution in [-0.4, -0.2) is 5.78 Å². The topological polar surface area (TPSA) is 56.5 Å². The van der Waals surface area contributed by atoms with Crippen LogP contribution < -0.4 is 10.4 Å². The van der Waals surface area contributed by atoms with Gasteiger partial charge in [-0.05, 0) is 68.3 Å². The van der Waals surface area contributed by atoms with Crippen LogP contribution in [0, 0.1) is 13.8 Å². The van der Waals surface area contributed by atoms with E-state index in [0.29, 0.717) is 16.9 Å². The molecule has 0 saturated heterocycles. The molecular weight excluding hydrogens is 304 g/mol. The lowest BCUT2D eigenvalue weighted by Gasteiger charge is -2.10. The van der Waals surface area contributed by atoms with Crippen molar-refractivity contribution in [2.24, 2.45) is 0 Å². The minimum absolute atomic E-state index is 0.0130. The van der Waals surface area contributed by atoms with Gasteiger partial charge in [-0.1, -0.05) is 0 Å². The molecule has 3 aromatic rings. The third-order valence-corrected chi connectivity index (χ3v) is 4.10. The van der Waals surface area contributed by atoms with E-state index in [9.17, 15) is 9.59 Å². The quantitative estimate of drug-likeness (QED) is 0.534. The van der Waals surface area contributed by atoms with Crippen LogP contribution in [0.25, 0.3) is 11.0 Å². The average molecular weight is 322 g/mol. The Morgan fingerprint density at radius 3 is 2.38 bits per heavy atom. The molecule has 4 nitrogen and oxygen atoms in total. The zero-order valence-electron chi connectivity index (χ0n) is 13.9. The lowest BCUT2D eigenvalue weighted by Crippen LogP contribution is -2.04. The van der Waals surface area contributed by atoms with Crippen LogP contribution in [0.15, 0.2) is 51.7 Å². The van der Waals surface area contributed by atoms with Crippen LogP contribution in [0.3, 0.4) is 0 Å². The van der Waals surface area contributed by atoms with E-state index < -0.39 is 5.63 Å². The Balaban J connectivity index is 1.90. The van der Waals surface area contributed by atoms with E-state index in [2.05, 4.69) is 0 Å². The zero-order valence-corrected chi connectivity index (χ0v) is 13.9. The van der Waals surface area contributed by atoms with Gasteiger partial charge >= 0.3 is 5.63 Å². The van der Waals surface area contributed by atoms with Gasteiger partial charge in [-0.2, -0.15) is 0 Å². The average Bonchev–Trinajstić information content (AvgIpc) is 2.54. The van der Waals surface area contributed by atoms with Crippen molar-refractivity contribution in [1.29, 1.82) is 0 Å². The predicted octanol–water partition coefficient (Wildman–Crippen LogP) is 4.19. The molecule has 0 fully saturated rings. The maximum Gasteiger partial charge on any atom is 0.336 e. The van der Waals surface area contributed by atoms with Gasteiger partial charge in [-0.3, -0.25) is 4.79 Å². The number of carbonyl (C=O) groups excluding carboxylic acids is 1. The Bertz CT molecular complexity index is 965. The molecule has 0 saturated carbocycles. The summed E-state index contributed by atoms with van der Waals surface area (Å²) in [7, 11) is 0. The third kappa shape index (κ3) is 3.23. The largest absolute Gasteiger partial charge is 0.489 e. The number of fused-ring (bicyclic) bond motifs is 1. The molecule has 0 unspecified atom stereocenters. The van der Waals surface area contributed by atoms with Crippen molar-refractivity contribution in [2.45, 2.75) is 27.4 Å². The maximum atomic E-state index is 11.8. The van der Waals surface area contributed by atoms with E-state index in [4.69, 9.17) is 9.15 Å². The highest BCUT2D eigenvalue weighted by Gasteiger charge is 2.09. The van der Waals surface area contributed by atoms with Crippen molar-refractivity contribution in [3.8, 4) is 5.75 Å². The van der Waals surface area contributed by atoms with Crippen LogP contribution in [0.4, 0.5) is 0 Å². The van der Waals surface area contributed by atoms with Crippen LogP contribution in [0.1, 0.15) is 34.0 Å². The lowest BCUT2D eigenvalue weighted by atomic mass is 10.0. The SMILES string of the molecule is CC(=O)c1ccc(OCc2cc(=O)oc3cc(C)c(C)cc23)cc1. The fraction of sp³-hybridized carbons (Fsp3) is 0.200. The second-order valence-corrected chi connectivity index (χ2v) is 5.89. The first-order chi connectivity index (χ1) is 11.4. The fourth-order valence-electron chi connectivity index (χ4n) is 2.55. The van der Waals surface area contributed by atoms with Gasteiger partial charge in [0.25, 0.3) is 0 Å². The van der Waals surface area contributed by atoms with E-state index in [1.54, 1.807) is 24.3 Å². The number of rotatable bonds is 4. The van der Waals surface area contributed by atoms with Gasteiger partial charge in [0.2, 0.25) is 0 Å². The summed E-state index contributed by atoms with van der Waals surface area (Å²) < 4.78 is 11.1. The Hall–Kier alpha value is -2.88. The standard InChI is InChI=1S/C20H18O4/c1-12-8-18-16(10-20(22)24-19(18)9-13(12)2)11-23-17-6-4-15(5-7-17)14(3)21/h4-10H,11H2,1-3H3. The molecule has 3 rings (SSSR count). The van der Waals surface area contributed by atoms with Gasteiger partial charge in [0, 0.05) is 22.6 Å². The highest BCUT2D eigenvalue weighted by Crippen LogP contribution is 2.23. The Morgan fingerprint density at radius 1 is 1.04 bits per heavy atom. The van der Waals surface area contributed by atoms with Crippen LogP contribution in [0.5, 0.6) is 5.75 Å². The van der Waals surface area contributed by atoms with Crippen molar-refractivity contribution < 1.29 is 13.9 Å². The first kappa shape index (κ1) is 16.0. The van der Waals surface area contributed by atoms with Crippen molar-refractivity contribution in [2.75, 3.05) is 0 Å². The molecule has 0 spiro atoms. The predicted molar refractivity (Wildman–Crippen MR) is 92.7 cm³/mol. The Morgan fingerprint density at radius 2 is 1.71 bits per heavy atom.